The van der Waals surface area contributed by atoms with Crippen molar-refractivity contribution in [3.63, 3.8) is 0 Å². The molecule has 0 atom stereocenters. The van der Waals surface area contributed by atoms with E-state index in [1.807, 2.05) is 61.5 Å². The van der Waals surface area contributed by atoms with Crippen LogP contribution in [0.4, 0.5) is 5.69 Å². The van der Waals surface area contributed by atoms with Crippen LogP contribution in [0.1, 0.15) is 16.7 Å². The number of hydrogen-bond donors (Lipinski definition) is 1. The number of pyridine rings is 1. The van der Waals surface area contributed by atoms with Crippen molar-refractivity contribution in [1.82, 2.24) is 4.98 Å². The number of nitriles is 1. The van der Waals surface area contributed by atoms with E-state index in [2.05, 4.69) is 16.4 Å². The van der Waals surface area contributed by atoms with Crippen LogP contribution in [0.25, 0.3) is 0 Å². The van der Waals surface area contributed by atoms with Crippen LogP contribution in [0, 0.1) is 18.3 Å². The van der Waals surface area contributed by atoms with Crippen LogP contribution in [0.2, 0.25) is 0 Å². The number of nitrogens with one attached hydrogen (secondary N) is 1. The van der Waals surface area contributed by atoms with E-state index in [0.29, 0.717) is 29.4 Å². The maximum Gasteiger partial charge on any atom is 0.239 e. The molecule has 118 valence electrons. The van der Waals surface area contributed by atoms with E-state index >= 15 is 0 Å². The first kappa shape index (κ1) is 15.6. The molecule has 0 aliphatic rings. The normalized spacial score (nSPS) is 10.0. The minimum atomic E-state index is 0.305. The Bertz CT molecular complexity index is 852. The van der Waals surface area contributed by atoms with Crippen LogP contribution in [-0.4, -0.2) is 4.98 Å². The lowest BCUT2D eigenvalue weighted by Crippen LogP contribution is -2.03. The average molecular weight is 315 g/mol. The lowest BCUT2D eigenvalue weighted by Gasteiger charge is -2.12. The van der Waals surface area contributed by atoms with Gasteiger partial charge in [0.2, 0.25) is 5.88 Å². The molecule has 1 heterocycles. The number of ether oxygens (including phenoxy) is 1. The molecule has 0 aliphatic heterocycles. The summed E-state index contributed by atoms with van der Waals surface area (Å²) in [6.07, 6.45) is 1.64. The summed E-state index contributed by atoms with van der Waals surface area (Å²) in [6, 6.07) is 21.6. The molecular weight excluding hydrogens is 298 g/mol. The molecule has 0 amide bonds. The first-order chi connectivity index (χ1) is 11.8. The Hall–Kier alpha value is -3.32. The van der Waals surface area contributed by atoms with Crippen molar-refractivity contribution in [2.24, 2.45) is 0 Å². The Morgan fingerprint density at radius 1 is 1.04 bits per heavy atom. The van der Waals surface area contributed by atoms with Crippen molar-refractivity contribution >= 4 is 5.69 Å². The Labute approximate surface area is 141 Å². The van der Waals surface area contributed by atoms with Crippen molar-refractivity contribution in [3.05, 3.63) is 83.6 Å². The van der Waals surface area contributed by atoms with Crippen LogP contribution >= 0.6 is 0 Å². The third-order valence-corrected chi connectivity index (χ3v) is 3.59. The molecule has 0 fully saturated rings. The van der Waals surface area contributed by atoms with Gasteiger partial charge in [-0.1, -0.05) is 48.0 Å². The maximum atomic E-state index is 9.51. The van der Waals surface area contributed by atoms with Gasteiger partial charge >= 0.3 is 0 Å². The highest BCUT2D eigenvalue weighted by molar-refractivity contribution is 5.61. The predicted molar refractivity (Wildman–Crippen MR) is 94.0 cm³/mol. The highest BCUT2D eigenvalue weighted by Gasteiger charge is 2.11. The SMILES string of the molecule is Cc1ccc(Oc2nccc(NCc3ccccc3)c2C#N)cc1. The van der Waals surface area contributed by atoms with Crippen molar-refractivity contribution < 1.29 is 4.74 Å². The van der Waals surface area contributed by atoms with Gasteiger partial charge in [-0.15, -0.1) is 0 Å². The number of nitrogens with zero attached hydrogens (tertiary/aromatic N) is 2. The van der Waals surface area contributed by atoms with E-state index in [9.17, 15) is 5.26 Å². The highest BCUT2D eigenvalue weighted by atomic mass is 16.5. The molecule has 0 radical (unpaired) electrons. The Balaban J connectivity index is 1.81. The maximum absolute atomic E-state index is 9.51. The van der Waals surface area contributed by atoms with Gasteiger partial charge in [-0.05, 0) is 30.7 Å². The van der Waals surface area contributed by atoms with Crippen LogP contribution in [-0.2, 0) is 6.54 Å². The van der Waals surface area contributed by atoms with E-state index in [0.717, 1.165) is 11.1 Å². The van der Waals surface area contributed by atoms with Gasteiger partial charge in [0.25, 0.3) is 0 Å². The first-order valence-electron chi connectivity index (χ1n) is 7.67. The topological polar surface area (TPSA) is 57.9 Å². The lowest BCUT2D eigenvalue weighted by molar-refractivity contribution is 0.461. The molecule has 0 saturated carbocycles. The molecule has 1 N–H and O–H groups in total. The van der Waals surface area contributed by atoms with Crippen molar-refractivity contribution in [2.45, 2.75) is 13.5 Å². The molecule has 4 heteroatoms. The molecular formula is C20H17N3O. The van der Waals surface area contributed by atoms with E-state index in [4.69, 9.17) is 4.74 Å². The second kappa shape index (κ2) is 7.30. The van der Waals surface area contributed by atoms with E-state index in [1.165, 1.54) is 0 Å². The summed E-state index contributed by atoms with van der Waals surface area (Å²) in [5, 5.41) is 12.8. The van der Waals surface area contributed by atoms with Crippen LogP contribution in [0.3, 0.4) is 0 Å². The van der Waals surface area contributed by atoms with Gasteiger partial charge in [0, 0.05) is 12.7 Å². The molecule has 2 aromatic carbocycles. The van der Waals surface area contributed by atoms with Crippen LogP contribution in [0.15, 0.2) is 66.9 Å². The van der Waals surface area contributed by atoms with Gasteiger partial charge in [-0.2, -0.15) is 5.26 Å². The van der Waals surface area contributed by atoms with Crippen LogP contribution in [0.5, 0.6) is 11.6 Å². The molecule has 0 bridgehead atoms. The van der Waals surface area contributed by atoms with Gasteiger partial charge in [0.1, 0.15) is 17.4 Å². The molecule has 0 unspecified atom stereocenters. The quantitative estimate of drug-likeness (QED) is 0.743. The predicted octanol–water partition coefficient (Wildman–Crippen LogP) is 4.67. The minimum Gasteiger partial charge on any atom is -0.438 e. The number of aryl methyl sites for hydroxylation is 1. The number of anilines is 1. The molecule has 3 rings (SSSR count). The second-order valence-electron chi connectivity index (χ2n) is 5.40. The smallest absolute Gasteiger partial charge is 0.239 e. The summed E-state index contributed by atoms with van der Waals surface area (Å²) in [5.74, 6) is 0.962. The summed E-state index contributed by atoms with van der Waals surface area (Å²) >= 11 is 0. The number of rotatable bonds is 5. The molecule has 1 aromatic heterocycles. The van der Waals surface area contributed by atoms with Gasteiger partial charge in [-0.3, -0.25) is 0 Å². The number of benzene rings is 2. The Morgan fingerprint density at radius 2 is 1.79 bits per heavy atom. The fourth-order valence-electron chi connectivity index (χ4n) is 2.29. The molecule has 3 aromatic rings. The number of aromatic nitrogens is 1. The standard InChI is InChI=1S/C20H17N3O/c1-15-7-9-17(10-8-15)24-20-18(13-21)19(11-12-22-20)23-14-16-5-3-2-4-6-16/h2-12H,14H2,1H3,(H,22,23). The first-order valence-corrected chi connectivity index (χ1v) is 7.67. The zero-order valence-corrected chi connectivity index (χ0v) is 13.4. The monoisotopic (exact) mass is 315 g/mol. The highest BCUT2D eigenvalue weighted by Crippen LogP contribution is 2.28. The second-order valence-corrected chi connectivity index (χ2v) is 5.40. The largest absolute Gasteiger partial charge is 0.438 e. The Kier molecular flexibility index (Phi) is 4.73. The third-order valence-electron chi connectivity index (χ3n) is 3.59. The van der Waals surface area contributed by atoms with E-state index in [-0.39, 0.29) is 0 Å². The summed E-state index contributed by atoms with van der Waals surface area (Å²) in [7, 11) is 0. The third kappa shape index (κ3) is 3.71. The van der Waals surface area contributed by atoms with Gasteiger partial charge in [-0.25, -0.2) is 4.98 Å². The fraction of sp³-hybridized carbons (Fsp3) is 0.100. The average Bonchev–Trinajstić information content (AvgIpc) is 2.63. The fourth-order valence-corrected chi connectivity index (χ4v) is 2.29. The number of hydrogen-bond acceptors (Lipinski definition) is 4. The van der Waals surface area contributed by atoms with Gasteiger partial charge in [0.05, 0.1) is 5.69 Å². The Morgan fingerprint density at radius 3 is 2.50 bits per heavy atom. The summed E-state index contributed by atoms with van der Waals surface area (Å²) in [6.45, 7) is 2.64. The summed E-state index contributed by atoms with van der Waals surface area (Å²) < 4.78 is 5.77. The summed E-state index contributed by atoms with van der Waals surface area (Å²) in [5.41, 5.74) is 3.39. The van der Waals surface area contributed by atoms with Crippen LogP contribution < -0.4 is 10.1 Å². The molecule has 24 heavy (non-hydrogen) atoms. The summed E-state index contributed by atoms with van der Waals surface area (Å²) in [4.78, 5) is 4.20. The van der Waals surface area contributed by atoms with Crippen molar-refractivity contribution in [2.75, 3.05) is 5.32 Å². The van der Waals surface area contributed by atoms with Crippen molar-refractivity contribution in [3.8, 4) is 17.7 Å². The van der Waals surface area contributed by atoms with Gasteiger partial charge < -0.3 is 10.1 Å². The van der Waals surface area contributed by atoms with E-state index in [1.54, 1.807) is 12.3 Å². The van der Waals surface area contributed by atoms with E-state index < -0.39 is 0 Å². The zero-order valence-electron chi connectivity index (χ0n) is 13.4. The molecule has 4 nitrogen and oxygen atoms in total. The lowest BCUT2D eigenvalue weighted by atomic mass is 10.2. The molecule has 0 aliphatic carbocycles. The van der Waals surface area contributed by atoms with Gasteiger partial charge in [0.15, 0.2) is 0 Å². The molecule has 0 saturated heterocycles. The van der Waals surface area contributed by atoms with Crippen molar-refractivity contribution in [1.29, 1.82) is 5.26 Å². The zero-order chi connectivity index (χ0) is 16.8. The minimum absolute atomic E-state index is 0.305. The molecule has 0 spiro atoms.